The Morgan fingerprint density at radius 2 is 2.30 bits per heavy atom. The van der Waals surface area contributed by atoms with E-state index >= 15 is 0 Å². The van der Waals surface area contributed by atoms with Crippen LogP contribution >= 0.6 is 23.4 Å². The predicted octanol–water partition coefficient (Wildman–Crippen LogP) is 4.11. The Balaban J connectivity index is 1.81. The topological polar surface area (TPSA) is 20.3 Å². The van der Waals surface area contributed by atoms with E-state index in [-0.39, 0.29) is 11.7 Å². The van der Waals surface area contributed by atoms with Crippen LogP contribution in [0.3, 0.4) is 0 Å². The van der Waals surface area contributed by atoms with Gasteiger partial charge >= 0.3 is 0 Å². The number of nitrogens with zero attached hydrogens (tertiary/aromatic N) is 1. The second-order valence-electron chi connectivity index (χ2n) is 5.16. The predicted molar refractivity (Wildman–Crippen MR) is 82.6 cm³/mol. The van der Waals surface area contributed by atoms with E-state index in [1.54, 1.807) is 6.07 Å². The number of amides is 1. The lowest BCUT2D eigenvalue weighted by Crippen LogP contribution is -2.42. The third-order valence-electron chi connectivity index (χ3n) is 3.62. The number of piperidine rings is 1. The number of rotatable bonds is 4. The normalized spacial score (nSPS) is 19.1. The molecule has 1 aromatic carbocycles. The molecule has 2 nitrogen and oxygen atoms in total. The van der Waals surface area contributed by atoms with E-state index in [1.165, 1.54) is 30.3 Å². The van der Waals surface area contributed by atoms with Crippen LogP contribution in [0.4, 0.5) is 4.39 Å². The summed E-state index contributed by atoms with van der Waals surface area (Å²) in [6.45, 7) is 2.98. The third-order valence-corrected chi connectivity index (χ3v) is 4.94. The molecule has 1 amide bonds. The maximum Gasteiger partial charge on any atom is 0.232 e. The van der Waals surface area contributed by atoms with E-state index in [2.05, 4.69) is 6.92 Å². The number of halogens is 2. The lowest BCUT2D eigenvalue weighted by Gasteiger charge is -2.33. The molecule has 0 aromatic heterocycles. The van der Waals surface area contributed by atoms with Crippen molar-refractivity contribution in [2.24, 2.45) is 0 Å². The second-order valence-corrected chi connectivity index (χ2v) is 6.55. The zero-order valence-corrected chi connectivity index (χ0v) is 13.1. The Morgan fingerprint density at radius 3 is 3.00 bits per heavy atom. The molecule has 0 radical (unpaired) electrons. The lowest BCUT2D eigenvalue weighted by molar-refractivity contribution is -0.131. The van der Waals surface area contributed by atoms with Crippen molar-refractivity contribution in [1.82, 2.24) is 4.90 Å². The highest BCUT2D eigenvalue weighted by molar-refractivity contribution is 7.99. The van der Waals surface area contributed by atoms with Gasteiger partial charge in [-0.3, -0.25) is 4.79 Å². The highest BCUT2D eigenvalue weighted by Gasteiger charge is 2.22. The Morgan fingerprint density at radius 1 is 1.50 bits per heavy atom. The number of benzene rings is 1. The summed E-state index contributed by atoms with van der Waals surface area (Å²) < 4.78 is 12.9. The molecule has 0 saturated carbocycles. The van der Waals surface area contributed by atoms with Gasteiger partial charge in [-0.25, -0.2) is 4.39 Å². The van der Waals surface area contributed by atoms with Crippen molar-refractivity contribution >= 4 is 29.3 Å². The first-order valence-electron chi connectivity index (χ1n) is 6.89. The van der Waals surface area contributed by atoms with E-state index in [0.29, 0.717) is 22.6 Å². The minimum Gasteiger partial charge on any atom is -0.339 e. The number of carbonyl (C=O) groups excluding carboxylic acids is 1. The Labute approximate surface area is 128 Å². The van der Waals surface area contributed by atoms with Crippen LogP contribution in [-0.2, 0) is 10.5 Å². The number of carbonyl (C=O) groups is 1. The van der Waals surface area contributed by atoms with Gasteiger partial charge in [0.1, 0.15) is 5.82 Å². The summed E-state index contributed by atoms with van der Waals surface area (Å²) in [5.74, 6) is 0.952. The van der Waals surface area contributed by atoms with E-state index in [0.717, 1.165) is 24.9 Å². The molecule has 1 aliphatic rings. The van der Waals surface area contributed by atoms with E-state index in [4.69, 9.17) is 11.6 Å². The fourth-order valence-electron chi connectivity index (χ4n) is 2.44. The summed E-state index contributed by atoms with van der Waals surface area (Å²) in [6.07, 6.45) is 3.41. The second kappa shape index (κ2) is 7.32. The number of likely N-dealkylation sites (tertiary alicyclic amines) is 1. The first-order chi connectivity index (χ1) is 9.58. The Hall–Kier alpha value is -0.740. The fraction of sp³-hybridized carbons (Fsp3) is 0.533. The van der Waals surface area contributed by atoms with Crippen LogP contribution < -0.4 is 0 Å². The van der Waals surface area contributed by atoms with Crippen molar-refractivity contribution in [3.63, 3.8) is 0 Å². The summed E-state index contributed by atoms with van der Waals surface area (Å²) in [6, 6.07) is 4.74. The number of hydrogen-bond acceptors (Lipinski definition) is 2. The fourth-order valence-corrected chi connectivity index (χ4v) is 3.67. The van der Waals surface area contributed by atoms with Gasteiger partial charge in [0.2, 0.25) is 5.91 Å². The van der Waals surface area contributed by atoms with Crippen molar-refractivity contribution in [2.45, 2.75) is 38.0 Å². The molecule has 20 heavy (non-hydrogen) atoms. The maximum absolute atomic E-state index is 12.9. The molecule has 1 atom stereocenters. The average Bonchev–Trinajstić information content (AvgIpc) is 2.41. The van der Waals surface area contributed by atoms with Crippen LogP contribution in [0.2, 0.25) is 5.02 Å². The van der Waals surface area contributed by atoms with Crippen LogP contribution in [0.15, 0.2) is 18.2 Å². The van der Waals surface area contributed by atoms with Gasteiger partial charge in [-0.05, 0) is 43.9 Å². The quantitative estimate of drug-likeness (QED) is 0.833. The first-order valence-corrected chi connectivity index (χ1v) is 8.42. The van der Waals surface area contributed by atoms with E-state index in [9.17, 15) is 9.18 Å². The molecule has 0 aliphatic carbocycles. The van der Waals surface area contributed by atoms with Gasteiger partial charge < -0.3 is 4.90 Å². The van der Waals surface area contributed by atoms with Crippen molar-refractivity contribution in [1.29, 1.82) is 0 Å². The molecule has 1 aliphatic heterocycles. The molecular weight excluding hydrogens is 297 g/mol. The summed E-state index contributed by atoms with van der Waals surface area (Å²) in [4.78, 5) is 14.1. The van der Waals surface area contributed by atoms with E-state index < -0.39 is 0 Å². The highest BCUT2D eigenvalue weighted by atomic mass is 35.5. The molecule has 1 unspecified atom stereocenters. The van der Waals surface area contributed by atoms with Crippen LogP contribution in [0.25, 0.3) is 0 Å². The van der Waals surface area contributed by atoms with Crippen molar-refractivity contribution < 1.29 is 9.18 Å². The maximum atomic E-state index is 12.9. The van der Waals surface area contributed by atoms with Crippen LogP contribution in [0, 0.1) is 5.82 Å². The molecule has 1 fully saturated rings. The molecule has 1 heterocycles. The Bertz CT molecular complexity index is 483. The zero-order valence-electron chi connectivity index (χ0n) is 11.6. The smallest absolute Gasteiger partial charge is 0.232 e. The Kier molecular flexibility index (Phi) is 5.73. The standard InChI is InChI=1S/C15H19ClFNOS/c1-11-4-2-3-7-18(11)15(19)10-20-9-12-5-6-13(17)8-14(12)16/h5-6,8,11H,2-4,7,9-10H2,1H3. The third kappa shape index (κ3) is 4.13. The summed E-state index contributed by atoms with van der Waals surface area (Å²) in [5.41, 5.74) is 0.873. The van der Waals surface area contributed by atoms with Gasteiger partial charge in [-0.1, -0.05) is 17.7 Å². The van der Waals surface area contributed by atoms with E-state index in [1.807, 2.05) is 4.90 Å². The van der Waals surface area contributed by atoms with Gasteiger partial charge in [0, 0.05) is 23.4 Å². The number of thioether (sulfide) groups is 1. The largest absolute Gasteiger partial charge is 0.339 e. The van der Waals surface area contributed by atoms with Crippen LogP contribution in [0.5, 0.6) is 0 Å². The molecule has 110 valence electrons. The molecule has 5 heteroatoms. The van der Waals surface area contributed by atoms with Gasteiger partial charge in [-0.15, -0.1) is 11.8 Å². The molecule has 0 bridgehead atoms. The van der Waals surface area contributed by atoms with Crippen molar-refractivity contribution in [3.05, 3.63) is 34.6 Å². The van der Waals surface area contributed by atoms with Gasteiger partial charge in [-0.2, -0.15) is 0 Å². The lowest BCUT2D eigenvalue weighted by atomic mass is 10.0. The minimum atomic E-state index is -0.332. The first kappa shape index (κ1) is 15.6. The zero-order chi connectivity index (χ0) is 14.5. The molecular formula is C15H19ClFNOS. The molecule has 0 spiro atoms. The van der Waals surface area contributed by atoms with Crippen LogP contribution in [-0.4, -0.2) is 29.1 Å². The van der Waals surface area contributed by atoms with Crippen molar-refractivity contribution in [2.75, 3.05) is 12.3 Å². The van der Waals surface area contributed by atoms with Crippen LogP contribution in [0.1, 0.15) is 31.7 Å². The summed E-state index contributed by atoms with van der Waals surface area (Å²) >= 11 is 7.50. The molecule has 1 saturated heterocycles. The summed E-state index contributed by atoms with van der Waals surface area (Å²) in [7, 11) is 0. The van der Waals surface area contributed by atoms with Gasteiger partial charge in [0.25, 0.3) is 0 Å². The van der Waals surface area contributed by atoms with Crippen molar-refractivity contribution in [3.8, 4) is 0 Å². The highest BCUT2D eigenvalue weighted by Crippen LogP contribution is 2.23. The molecule has 2 rings (SSSR count). The minimum absolute atomic E-state index is 0.195. The SMILES string of the molecule is CC1CCCCN1C(=O)CSCc1ccc(F)cc1Cl. The van der Waals surface area contributed by atoms with Gasteiger partial charge in [0.05, 0.1) is 5.75 Å². The number of hydrogen-bond donors (Lipinski definition) is 0. The monoisotopic (exact) mass is 315 g/mol. The average molecular weight is 316 g/mol. The summed E-state index contributed by atoms with van der Waals surface area (Å²) in [5, 5.41) is 0.427. The molecule has 0 N–H and O–H groups in total. The molecule has 1 aromatic rings. The van der Waals surface area contributed by atoms with Gasteiger partial charge in [0.15, 0.2) is 0 Å².